The highest BCUT2D eigenvalue weighted by molar-refractivity contribution is 7.84. The summed E-state index contributed by atoms with van der Waals surface area (Å²) in [7, 11) is 0.320. The SMILES string of the molecule is CO[C@@]1(C#CCCN2CCOC[C@@H]2C)CCC[C@H](C)[C@@H](C)S(=O)NC(=O)c2ccc3c(c2)N(C[C@@H]2CC[C@H]21)C[C@@]1(CCCc2cc(Cl)ccc21)CO3. The predicted octanol–water partition coefficient (Wildman–Crippen LogP) is 6.94. The number of methoxy groups -OCH3 is 1. The summed E-state index contributed by atoms with van der Waals surface area (Å²) in [5.74, 6) is 8.62. The zero-order valence-corrected chi connectivity index (χ0v) is 33.0. The monoisotopic (exact) mass is 749 g/mol. The summed E-state index contributed by atoms with van der Waals surface area (Å²) in [5.41, 5.74) is 3.25. The summed E-state index contributed by atoms with van der Waals surface area (Å²) in [6.45, 7) is 11.9. The van der Waals surface area contributed by atoms with Crippen LogP contribution in [0.25, 0.3) is 0 Å². The molecule has 2 aromatic carbocycles. The molecule has 3 heterocycles. The van der Waals surface area contributed by atoms with Crippen molar-refractivity contribution in [2.75, 3.05) is 58.0 Å². The van der Waals surface area contributed by atoms with Crippen molar-refractivity contribution in [3.8, 4) is 17.6 Å². The average Bonchev–Trinajstić information content (AvgIpc) is 3.28. The van der Waals surface area contributed by atoms with Crippen molar-refractivity contribution in [1.82, 2.24) is 9.62 Å². The Morgan fingerprint density at radius 2 is 1.96 bits per heavy atom. The quantitative estimate of drug-likeness (QED) is 0.341. The summed E-state index contributed by atoms with van der Waals surface area (Å²) in [4.78, 5) is 18.6. The van der Waals surface area contributed by atoms with Gasteiger partial charge in [-0.3, -0.25) is 14.4 Å². The maximum absolute atomic E-state index is 13.6. The Balaban J connectivity index is 1.25. The van der Waals surface area contributed by atoms with E-state index in [4.69, 9.17) is 25.8 Å². The molecule has 7 rings (SSSR count). The van der Waals surface area contributed by atoms with Crippen LogP contribution in [0.3, 0.4) is 0 Å². The van der Waals surface area contributed by atoms with Gasteiger partial charge in [0.1, 0.15) is 22.3 Å². The minimum atomic E-state index is -1.53. The number of ether oxygens (including phenoxy) is 3. The first-order chi connectivity index (χ1) is 25.1. The number of amides is 1. The van der Waals surface area contributed by atoms with E-state index in [-0.39, 0.29) is 28.4 Å². The molecule has 1 unspecified atom stereocenters. The number of hydrogen-bond acceptors (Lipinski definition) is 7. The molecule has 1 saturated carbocycles. The van der Waals surface area contributed by atoms with Crippen LogP contribution in [0.4, 0.5) is 5.69 Å². The van der Waals surface area contributed by atoms with Crippen molar-refractivity contribution in [1.29, 1.82) is 0 Å². The van der Waals surface area contributed by atoms with E-state index < -0.39 is 16.6 Å². The maximum atomic E-state index is 13.6. The summed E-state index contributed by atoms with van der Waals surface area (Å²) < 4.78 is 35.3. The fourth-order valence-corrected chi connectivity index (χ4v) is 10.7. The van der Waals surface area contributed by atoms with Gasteiger partial charge in [0.2, 0.25) is 0 Å². The van der Waals surface area contributed by atoms with Gasteiger partial charge in [0.15, 0.2) is 0 Å². The third-order valence-electron chi connectivity index (χ3n) is 13.0. The lowest BCUT2D eigenvalue weighted by molar-refractivity contribution is -0.0743. The Morgan fingerprint density at radius 3 is 2.75 bits per heavy atom. The standard InChI is InChI=1S/C42H56ClN3O5S/c1-29-9-7-19-42(49-4,18-5-6-20-45-21-22-50-26-30(45)2)37-14-11-34(37)25-46-27-41(17-8-10-32-23-35(43)13-15-36(32)41)28-51-39-16-12-33(24-38(39)46)40(47)44-52(48)31(29)3/h12-13,15-16,23-24,29-31,34,37H,6-11,14,17,19-22,25-28H2,1-4H3,(H,44,47)/t29-,30-,31+,34-,37+,41-,42-,52?/m0/s1. The second-order valence-corrected chi connectivity index (χ2v) is 18.1. The van der Waals surface area contributed by atoms with Gasteiger partial charge >= 0.3 is 0 Å². The number of morpholine rings is 1. The molecule has 2 bridgehead atoms. The molecule has 0 radical (unpaired) electrons. The van der Waals surface area contributed by atoms with Crippen LogP contribution in [-0.2, 0) is 32.3 Å². The fourth-order valence-electron chi connectivity index (χ4n) is 9.47. The van der Waals surface area contributed by atoms with Crippen LogP contribution < -0.4 is 14.4 Å². The molecule has 1 amide bonds. The van der Waals surface area contributed by atoms with E-state index in [1.165, 1.54) is 11.1 Å². The van der Waals surface area contributed by atoms with Crippen molar-refractivity contribution in [3.05, 3.63) is 58.1 Å². The number of rotatable bonds is 3. The highest BCUT2D eigenvalue weighted by atomic mass is 35.5. The summed E-state index contributed by atoms with van der Waals surface area (Å²) in [5, 5.41) is 0.566. The Kier molecular flexibility index (Phi) is 11.6. The van der Waals surface area contributed by atoms with Crippen LogP contribution >= 0.6 is 11.6 Å². The van der Waals surface area contributed by atoms with E-state index in [0.29, 0.717) is 24.1 Å². The van der Waals surface area contributed by atoms with Crippen molar-refractivity contribution >= 4 is 34.2 Å². The lowest BCUT2D eigenvalue weighted by atomic mass is 9.62. The van der Waals surface area contributed by atoms with Gasteiger partial charge in [0.25, 0.3) is 5.91 Å². The Bertz CT molecular complexity index is 1710. The number of hydrogen-bond donors (Lipinski definition) is 1. The Labute approximate surface area is 318 Å². The van der Waals surface area contributed by atoms with Gasteiger partial charge in [-0.05, 0) is 119 Å². The van der Waals surface area contributed by atoms with Gasteiger partial charge in [-0.2, -0.15) is 0 Å². The third kappa shape index (κ3) is 7.66. The van der Waals surface area contributed by atoms with Gasteiger partial charge in [-0.15, -0.1) is 0 Å². The molecule has 2 fully saturated rings. The van der Waals surface area contributed by atoms with Crippen LogP contribution in [-0.4, -0.2) is 85.0 Å². The van der Waals surface area contributed by atoms with Crippen LogP contribution in [0.1, 0.15) is 93.6 Å². The molecule has 8 nitrogen and oxygen atoms in total. The molecule has 1 saturated heterocycles. The van der Waals surface area contributed by atoms with Crippen molar-refractivity contribution in [3.63, 3.8) is 0 Å². The largest absolute Gasteiger partial charge is 0.490 e. The van der Waals surface area contributed by atoms with Crippen molar-refractivity contribution in [2.45, 2.75) is 101 Å². The number of carbonyl (C=O) groups excluding carboxylic acids is 1. The number of anilines is 1. The first-order valence-electron chi connectivity index (χ1n) is 19.5. The van der Waals surface area contributed by atoms with Gasteiger partial charge in [0.05, 0.1) is 30.8 Å². The number of carbonyl (C=O) groups is 1. The number of nitrogens with zero attached hydrogens (tertiary/aromatic N) is 2. The number of aryl methyl sites for hydroxylation is 1. The summed E-state index contributed by atoms with van der Waals surface area (Å²) in [6, 6.07) is 12.4. The van der Waals surface area contributed by atoms with E-state index in [9.17, 15) is 9.00 Å². The van der Waals surface area contributed by atoms with E-state index >= 15 is 0 Å². The average molecular weight is 750 g/mol. The molecule has 0 aromatic heterocycles. The molecule has 5 aliphatic rings. The second kappa shape index (κ2) is 16.0. The minimum Gasteiger partial charge on any atom is -0.490 e. The molecular formula is C42H56ClN3O5S. The lowest BCUT2D eigenvalue weighted by Gasteiger charge is -2.50. The van der Waals surface area contributed by atoms with Gasteiger partial charge < -0.3 is 19.1 Å². The summed E-state index contributed by atoms with van der Waals surface area (Å²) in [6.07, 6.45) is 8.66. The molecule has 2 aliphatic carbocycles. The molecule has 2 aromatic rings. The van der Waals surface area contributed by atoms with E-state index in [0.717, 1.165) is 114 Å². The van der Waals surface area contributed by atoms with Crippen LogP contribution in [0.5, 0.6) is 5.75 Å². The maximum Gasteiger partial charge on any atom is 0.263 e. The molecule has 3 aliphatic heterocycles. The number of nitrogens with one attached hydrogen (secondary N) is 1. The molecule has 282 valence electrons. The van der Waals surface area contributed by atoms with E-state index in [2.05, 4.69) is 52.3 Å². The van der Waals surface area contributed by atoms with Gasteiger partial charge in [-0.1, -0.05) is 36.4 Å². The van der Waals surface area contributed by atoms with Gasteiger partial charge in [-0.25, -0.2) is 4.21 Å². The molecule has 8 atom stereocenters. The normalized spacial score (nSPS) is 34.0. The smallest absolute Gasteiger partial charge is 0.263 e. The zero-order chi connectivity index (χ0) is 36.5. The summed E-state index contributed by atoms with van der Waals surface area (Å²) >= 11 is 6.51. The number of halogens is 1. The molecule has 10 heteroatoms. The highest BCUT2D eigenvalue weighted by Gasteiger charge is 2.49. The molecular weight excluding hydrogens is 694 g/mol. The highest BCUT2D eigenvalue weighted by Crippen LogP contribution is 2.49. The van der Waals surface area contributed by atoms with Gasteiger partial charge in [0, 0.05) is 67.7 Å². The molecule has 52 heavy (non-hydrogen) atoms. The number of benzene rings is 2. The first kappa shape index (κ1) is 37.7. The van der Waals surface area contributed by atoms with E-state index in [1.54, 1.807) is 0 Å². The second-order valence-electron chi connectivity index (χ2n) is 16.1. The fraction of sp³-hybridized carbons (Fsp3) is 0.643. The molecule has 1 N–H and O–H groups in total. The van der Waals surface area contributed by atoms with Crippen molar-refractivity contribution in [2.24, 2.45) is 17.8 Å². The number of fused-ring (bicyclic) bond motifs is 4. The first-order valence-corrected chi connectivity index (χ1v) is 21.1. The minimum absolute atomic E-state index is 0.150. The lowest BCUT2D eigenvalue weighted by Crippen LogP contribution is -2.53. The Hall–Kier alpha value is -2.61. The van der Waals surface area contributed by atoms with Crippen molar-refractivity contribution < 1.29 is 23.2 Å². The third-order valence-corrected chi connectivity index (χ3v) is 14.8. The molecule has 1 spiro atoms. The zero-order valence-electron chi connectivity index (χ0n) is 31.4. The topological polar surface area (TPSA) is 80.3 Å². The van der Waals surface area contributed by atoms with Crippen LogP contribution in [0.15, 0.2) is 36.4 Å². The van der Waals surface area contributed by atoms with Crippen LogP contribution in [0, 0.1) is 29.6 Å². The van der Waals surface area contributed by atoms with Crippen LogP contribution in [0.2, 0.25) is 5.02 Å². The van der Waals surface area contributed by atoms with E-state index in [1.807, 2.05) is 38.3 Å². The Morgan fingerprint density at radius 1 is 1.10 bits per heavy atom. The predicted molar refractivity (Wildman–Crippen MR) is 209 cm³/mol.